The van der Waals surface area contributed by atoms with E-state index in [1.807, 2.05) is 45.0 Å². The Morgan fingerprint density at radius 1 is 1.22 bits per heavy atom. The normalized spacial score (nSPS) is 12.0. The molecular weight excluding hydrogens is 312 g/mol. The van der Waals surface area contributed by atoms with E-state index in [-0.39, 0.29) is 11.8 Å². The molecule has 0 fully saturated rings. The SMILES string of the molecule is COC(=O)C(NC(=O)c1csc(-c2ccc(C)cc2)n1)C(C)C. The molecule has 0 saturated heterocycles. The summed E-state index contributed by atoms with van der Waals surface area (Å²) >= 11 is 1.40. The summed E-state index contributed by atoms with van der Waals surface area (Å²) < 4.78 is 4.72. The first-order chi connectivity index (χ1) is 10.9. The third-order valence-electron chi connectivity index (χ3n) is 3.44. The summed E-state index contributed by atoms with van der Waals surface area (Å²) in [6.07, 6.45) is 0. The van der Waals surface area contributed by atoms with Gasteiger partial charge in [0.05, 0.1) is 7.11 Å². The van der Waals surface area contributed by atoms with Gasteiger partial charge < -0.3 is 10.1 Å². The van der Waals surface area contributed by atoms with Crippen molar-refractivity contribution in [1.82, 2.24) is 10.3 Å². The van der Waals surface area contributed by atoms with Crippen molar-refractivity contribution in [3.63, 3.8) is 0 Å². The maximum atomic E-state index is 12.3. The fourth-order valence-corrected chi connectivity index (χ4v) is 2.85. The van der Waals surface area contributed by atoms with Gasteiger partial charge in [0.25, 0.3) is 5.91 Å². The highest BCUT2D eigenvalue weighted by Crippen LogP contribution is 2.24. The lowest BCUT2D eigenvalue weighted by molar-refractivity contribution is -0.144. The number of rotatable bonds is 5. The van der Waals surface area contributed by atoms with Gasteiger partial charge in [0, 0.05) is 10.9 Å². The van der Waals surface area contributed by atoms with Gasteiger partial charge >= 0.3 is 5.97 Å². The second kappa shape index (κ2) is 7.37. The molecule has 0 aliphatic rings. The number of thiazole rings is 1. The molecule has 1 heterocycles. The lowest BCUT2D eigenvalue weighted by atomic mass is 10.0. The van der Waals surface area contributed by atoms with Gasteiger partial charge in [0.2, 0.25) is 0 Å². The zero-order valence-electron chi connectivity index (χ0n) is 13.6. The highest BCUT2D eigenvalue weighted by atomic mass is 32.1. The van der Waals surface area contributed by atoms with Crippen LogP contribution in [0.5, 0.6) is 0 Å². The van der Waals surface area contributed by atoms with E-state index in [2.05, 4.69) is 10.3 Å². The number of methoxy groups -OCH3 is 1. The van der Waals surface area contributed by atoms with Crippen molar-refractivity contribution in [3.8, 4) is 10.6 Å². The lowest BCUT2D eigenvalue weighted by Crippen LogP contribution is -2.45. The number of hydrogen-bond acceptors (Lipinski definition) is 5. The molecule has 0 aliphatic carbocycles. The Bertz CT molecular complexity index is 692. The minimum atomic E-state index is -0.683. The van der Waals surface area contributed by atoms with Crippen molar-refractivity contribution in [2.24, 2.45) is 5.92 Å². The molecule has 0 saturated carbocycles. The highest BCUT2D eigenvalue weighted by molar-refractivity contribution is 7.13. The molecule has 5 nitrogen and oxygen atoms in total. The number of amides is 1. The molecule has 1 atom stereocenters. The van der Waals surface area contributed by atoms with E-state index >= 15 is 0 Å². The smallest absolute Gasteiger partial charge is 0.328 e. The summed E-state index contributed by atoms with van der Waals surface area (Å²) in [6.45, 7) is 5.71. The van der Waals surface area contributed by atoms with Crippen LogP contribution in [-0.4, -0.2) is 30.0 Å². The van der Waals surface area contributed by atoms with Gasteiger partial charge in [-0.15, -0.1) is 11.3 Å². The predicted octanol–water partition coefficient (Wildman–Crippen LogP) is 3.05. The molecule has 23 heavy (non-hydrogen) atoms. The summed E-state index contributed by atoms with van der Waals surface area (Å²) in [5, 5.41) is 5.15. The van der Waals surface area contributed by atoms with Crippen LogP contribution in [0, 0.1) is 12.8 Å². The third-order valence-corrected chi connectivity index (χ3v) is 4.34. The fraction of sp³-hybridized carbons (Fsp3) is 0.353. The van der Waals surface area contributed by atoms with Gasteiger partial charge in [0.15, 0.2) is 0 Å². The molecular formula is C17H20N2O3S. The zero-order chi connectivity index (χ0) is 17.0. The summed E-state index contributed by atoms with van der Waals surface area (Å²) in [4.78, 5) is 28.4. The molecule has 1 N–H and O–H groups in total. The fourth-order valence-electron chi connectivity index (χ4n) is 2.05. The lowest BCUT2D eigenvalue weighted by Gasteiger charge is -2.19. The standard InChI is InChI=1S/C17H20N2O3S/c1-10(2)14(17(21)22-4)19-15(20)13-9-23-16(18-13)12-7-5-11(3)6-8-12/h5-10,14H,1-4H3,(H,19,20). The first-order valence-corrected chi connectivity index (χ1v) is 8.21. The van der Waals surface area contributed by atoms with Crippen LogP contribution < -0.4 is 5.32 Å². The largest absolute Gasteiger partial charge is 0.467 e. The Balaban J connectivity index is 2.14. The van der Waals surface area contributed by atoms with E-state index in [0.717, 1.165) is 10.6 Å². The van der Waals surface area contributed by atoms with Crippen molar-refractivity contribution in [2.45, 2.75) is 26.8 Å². The van der Waals surface area contributed by atoms with Crippen LogP contribution in [0.1, 0.15) is 29.9 Å². The van der Waals surface area contributed by atoms with Gasteiger partial charge in [-0.05, 0) is 12.8 Å². The van der Waals surface area contributed by atoms with Crippen LogP contribution in [0.2, 0.25) is 0 Å². The number of benzene rings is 1. The number of esters is 1. The average Bonchev–Trinajstić information content (AvgIpc) is 3.02. The highest BCUT2D eigenvalue weighted by Gasteiger charge is 2.26. The Labute approximate surface area is 139 Å². The first kappa shape index (κ1) is 17.1. The minimum absolute atomic E-state index is 0.0680. The first-order valence-electron chi connectivity index (χ1n) is 7.33. The zero-order valence-corrected chi connectivity index (χ0v) is 14.4. The Hall–Kier alpha value is -2.21. The topological polar surface area (TPSA) is 68.3 Å². The molecule has 1 unspecified atom stereocenters. The van der Waals surface area contributed by atoms with Gasteiger partial charge in [-0.1, -0.05) is 43.7 Å². The third kappa shape index (κ3) is 4.16. The number of aryl methyl sites for hydroxylation is 1. The molecule has 6 heteroatoms. The molecule has 0 spiro atoms. The van der Waals surface area contributed by atoms with Crippen LogP contribution in [0.3, 0.4) is 0 Å². The number of nitrogens with one attached hydrogen (secondary N) is 1. The summed E-state index contributed by atoms with van der Waals surface area (Å²) in [5.74, 6) is -0.896. The maximum absolute atomic E-state index is 12.3. The molecule has 2 aromatic rings. The molecule has 1 amide bonds. The van der Waals surface area contributed by atoms with Crippen LogP contribution in [-0.2, 0) is 9.53 Å². The second-order valence-corrected chi connectivity index (χ2v) is 6.48. The number of hydrogen-bond donors (Lipinski definition) is 1. The molecule has 1 aromatic carbocycles. The number of carbonyl (C=O) groups is 2. The van der Waals surface area contributed by atoms with Crippen LogP contribution in [0.4, 0.5) is 0 Å². The van der Waals surface area contributed by atoms with Crippen LogP contribution in [0.15, 0.2) is 29.6 Å². The summed E-state index contributed by atoms with van der Waals surface area (Å²) in [5.41, 5.74) is 2.44. The Morgan fingerprint density at radius 3 is 2.43 bits per heavy atom. The average molecular weight is 332 g/mol. The minimum Gasteiger partial charge on any atom is -0.467 e. The van der Waals surface area contributed by atoms with Crippen molar-refractivity contribution in [3.05, 3.63) is 40.9 Å². The van der Waals surface area contributed by atoms with Crippen molar-refractivity contribution in [2.75, 3.05) is 7.11 Å². The molecule has 1 aromatic heterocycles. The van der Waals surface area contributed by atoms with Crippen molar-refractivity contribution < 1.29 is 14.3 Å². The Kier molecular flexibility index (Phi) is 5.50. The van der Waals surface area contributed by atoms with E-state index in [9.17, 15) is 9.59 Å². The number of nitrogens with zero attached hydrogens (tertiary/aromatic N) is 1. The van der Waals surface area contributed by atoms with Gasteiger partial charge in [-0.3, -0.25) is 4.79 Å². The van der Waals surface area contributed by atoms with Crippen LogP contribution in [0.25, 0.3) is 10.6 Å². The maximum Gasteiger partial charge on any atom is 0.328 e. The summed E-state index contributed by atoms with van der Waals surface area (Å²) in [6, 6.07) is 7.27. The predicted molar refractivity (Wildman–Crippen MR) is 90.4 cm³/mol. The quantitative estimate of drug-likeness (QED) is 0.855. The van der Waals surface area contributed by atoms with E-state index in [1.165, 1.54) is 24.0 Å². The van der Waals surface area contributed by atoms with Gasteiger partial charge in [0.1, 0.15) is 16.7 Å². The Morgan fingerprint density at radius 2 is 1.87 bits per heavy atom. The molecule has 122 valence electrons. The number of ether oxygens (including phenoxy) is 1. The van der Waals surface area contributed by atoms with Gasteiger partial charge in [-0.2, -0.15) is 0 Å². The molecule has 2 rings (SSSR count). The van der Waals surface area contributed by atoms with Crippen LogP contribution >= 0.6 is 11.3 Å². The molecule has 0 aliphatic heterocycles. The van der Waals surface area contributed by atoms with Crippen molar-refractivity contribution >= 4 is 23.2 Å². The van der Waals surface area contributed by atoms with E-state index in [4.69, 9.17) is 4.74 Å². The second-order valence-electron chi connectivity index (χ2n) is 5.62. The number of aromatic nitrogens is 1. The molecule has 0 radical (unpaired) electrons. The van der Waals surface area contributed by atoms with E-state index in [0.29, 0.717) is 5.69 Å². The monoisotopic (exact) mass is 332 g/mol. The number of carbonyl (C=O) groups excluding carboxylic acids is 2. The van der Waals surface area contributed by atoms with E-state index < -0.39 is 12.0 Å². The van der Waals surface area contributed by atoms with E-state index in [1.54, 1.807) is 5.38 Å². The van der Waals surface area contributed by atoms with Crippen molar-refractivity contribution in [1.29, 1.82) is 0 Å². The van der Waals surface area contributed by atoms with Gasteiger partial charge in [-0.25, -0.2) is 9.78 Å². The molecule has 0 bridgehead atoms. The summed E-state index contributed by atoms with van der Waals surface area (Å²) in [7, 11) is 1.31.